The number of benzene rings is 1. The third kappa shape index (κ3) is 3.71. The summed E-state index contributed by atoms with van der Waals surface area (Å²) in [6, 6.07) is 8.84. The van der Waals surface area contributed by atoms with Crippen LogP contribution in [0.4, 0.5) is 0 Å². The fraction of sp³-hybridized carbons (Fsp3) is 0.533. The summed E-state index contributed by atoms with van der Waals surface area (Å²) in [5.41, 5.74) is 1.18. The molecular weight excluding hydrogens is 304 g/mol. The highest BCUT2D eigenvalue weighted by Gasteiger charge is 2.23. The predicted octanol–water partition coefficient (Wildman–Crippen LogP) is 3.73. The van der Waals surface area contributed by atoms with Crippen LogP contribution in [-0.2, 0) is 6.54 Å². The molecule has 2 rings (SSSR count). The largest absolute Gasteiger partial charge is 0.497 e. The fourth-order valence-corrected chi connectivity index (χ4v) is 3.06. The first-order valence-electron chi connectivity index (χ1n) is 6.68. The van der Waals surface area contributed by atoms with Crippen LogP contribution < -0.4 is 4.74 Å². The summed E-state index contributed by atoms with van der Waals surface area (Å²) in [5.74, 6) is 0.863. The van der Waals surface area contributed by atoms with E-state index in [1.807, 2.05) is 18.2 Å². The van der Waals surface area contributed by atoms with E-state index in [0.29, 0.717) is 12.6 Å². The molecule has 1 aliphatic carbocycles. The van der Waals surface area contributed by atoms with Crippen molar-refractivity contribution in [3.8, 4) is 11.8 Å². The van der Waals surface area contributed by atoms with Gasteiger partial charge in [0.15, 0.2) is 0 Å². The Morgan fingerprint density at radius 1 is 1.42 bits per heavy atom. The Kier molecular flexibility index (Phi) is 5.24. The molecule has 0 aromatic heterocycles. The lowest BCUT2D eigenvalue weighted by atomic mass is 10.1. The first-order valence-corrected chi connectivity index (χ1v) is 7.47. The van der Waals surface area contributed by atoms with Crippen molar-refractivity contribution in [1.29, 1.82) is 5.26 Å². The molecule has 0 atom stereocenters. The first-order chi connectivity index (χ1) is 9.24. The van der Waals surface area contributed by atoms with Crippen molar-refractivity contribution >= 4 is 15.9 Å². The lowest BCUT2D eigenvalue weighted by Gasteiger charge is -2.26. The molecule has 1 saturated carbocycles. The second kappa shape index (κ2) is 6.93. The van der Waals surface area contributed by atoms with E-state index in [9.17, 15) is 0 Å². The zero-order valence-corrected chi connectivity index (χ0v) is 12.8. The minimum absolute atomic E-state index is 0.494. The van der Waals surface area contributed by atoms with Gasteiger partial charge in [-0.25, -0.2) is 0 Å². The number of ether oxygens (including phenoxy) is 1. The minimum atomic E-state index is 0.494. The van der Waals surface area contributed by atoms with Gasteiger partial charge in [-0.3, -0.25) is 4.90 Å². The van der Waals surface area contributed by atoms with Crippen LogP contribution in [0.2, 0.25) is 0 Å². The monoisotopic (exact) mass is 322 g/mol. The van der Waals surface area contributed by atoms with Crippen LogP contribution in [0.3, 0.4) is 0 Å². The lowest BCUT2D eigenvalue weighted by Crippen LogP contribution is -2.33. The zero-order chi connectivity index (χ0) is 13.7. The van der Waals surface area contributed by atoms with Gasteiger partial charge in [0.25, 0.3) is 0 Å². The van der Waals surface area contributed by atoms with E-state index in [2.05, 4.69) is 26.9 Å². The molecule has 1 fully saturated rings. The van der Waals surface area contributed by atoms with E-state index in [1.54, 1.807) is 7.11 Å². The Hall–Kier alpha value is -1.05. The Balaban J connectivity index is 2.14. The average molecular weight is 323 g/mol. The highest BCUT2D eigenvalue weighted by molar-refractivity contribution is 9.10. The van der Waals surface area contributed by atoms with Gasteiger partial charge in [-0.15, -0.1) is 0 Å². The molecule has 0 spiro atoms. The van der Waals surface area contributed by atoms with Gasteiger partial charge in [-0.1, -0.05) is 28.8 Å². The number of methoxy groups -OCH3 is 1. The topological polar surface area (TPSA) is 36.3 Å². The molecule has 0 unspecified atom stereocenters. The molecule has 1 aromatic carbocycles. The molecule has 0 saturated heterocycles. The van der Waals surface area contributed by atoms with Gasteiger partial charge >= 0.3 is 0 Å². The van der Waals surface area contributed by atoms with Crippen LogP contribution in [0.25, 0.3) is 0 Å². The standard InChI is InChI=1S/C15H19BrN2O/c1-19-14-6-7-15(16)12(10-14)11-18(9-8-17)13-4-2-3-5-13/h6-7,10,13H,2-5,9,11H2,1H3. The van der Waals surface area contributed by atoms with E-state index >= 15 is 0 Å². The molecule has 0 heterocycles. The van der Waals surface area contributed by atoms with Crippen LogP contribution in [0, 0.1) is 11.3 Å². The van der Waals surface area contributed by atoms with Gasteiger partial charge in [0.05, 0.1) is 19.7 Å². The van der Waals surface area contributed by atoms with Crippen molar-refractivity contribution in [3.05, 3.63) is 28.2 Å². The third-order valence-electron chi connectivity index (χ3n) is 3.74. The highest BCUT2D eigenvalue weighted by Crippen LogP contribution is 2.28. The van der Waals surface area contributed by atoms with Gasteiger partial charge in [0, 0.05) is 17.1 Å². The minimum Gasteiger partial charge on any atom is -0.497 e. The van der Waals surface area contributed by atoms with Crippen molar-refractivity contribution in [3.63, 3.8) is 0 Å². The van der Waals surface area contributed by atoms with Crippen molar-refractivity contribution in [2.24, 2.45) is 0 Å². The normalized spacial score (nSPS) is 15.7. The summed E-state index contributed by atoms with van der Waals surface area (Å²) < 4.78 is 6.35. The Bertz CT molecular complexity index is 464. The summed E-state index contributed by atoms with van der Waals surface area (Å²) in [7, 11) is 1.68. The number of nitriles is 1. The van der Waals surface area contributed by atoms with Gasteiger partial charge < -0.3 is 4.74 Å². The molecule has 102 valence electrons. The Morgan fingerprint density at radius 3 is 2.79 bits per heavy atom. The zero-order valence-electron chi connectivity index (χ0n) is 11.2. The maximum absolute atomic E-state index is 9.02. The number of nitrogens with zero attached hydrogens (tertiary/aromatic N) is 2. The van der Waals surface area contributed by atoms with E-state index in [1.165, 1.54) is 31.2 Å². The third-order valence-corrected chi connectivity index (χ3v) is 4.51. The molecule has 3 nitrogen and oxygen atoms in total. The van der Waals surface area contributed by atoms with E-state index in [-0.39, 0.29) is 0 Å². The second-order valence-electron chi connectivity index (χ2n) is 4.96. The van der Waals surface area contributed by atoms with Crippen LogP contribution in [-0.4, -0.2) is 24.6 Å². The van der Waals surface area contributed by atoms with Crippen molar-refractivity contribution in [2.45, 2.75) is 38.3 Å². The van der Waals surface area contributed by atoms with Gasteiger partial charge in [0.1, 0.15) is 5.75 Å². The fourth-order valence-electron chi connectivity index (χ4n) is 2.69. The molecule has 1 aliphatic rings. The number of hydrogen-bond acceptors (Lipinski definition) is 3. The van der Waals surface area contributed by atoms with Crippen molar-refractivity contribution in [2.75, 3.05) is 13.7 Å². The number of rotatable bonds is 5. The van der Waals surface area contributed by atoms with Gasteiger partial charge in [-0.2, -0.15) is 5.26 Å². The maximum atomic E-state index is 9.02. The van der Waals surface area contributed by atoms with E-state index in [0.717, 1.165) is 16.8 Å². The molecule has 0 aliphatic heterocycles. The second-order valence-corrected chi connectivity index (χ2v) is 5.81. The Labute approximate surface area is 123 Å². The molecule has 1 aromatic rings. The van der Waals surface area contributed by atoms with Crippen LogP contribution in [0.5, 0.6) is 5.75 Å². The first kappa shape index (κ1) is 14.4. The van der Waals surface area contributed by atoms with Gasteiger partial charge in [-0.05, 0) is 36.6 Å². The van der Waals surface area contributed by atoms with Crippen LogP contribution in [0.15, 0.2) is 22.7 Å². The number of hydrogen-bond donors (Lipinski definition) is 0. The number of halogens is 1. The highest BCUT2D eigenvalue weighted by atomic mass is 79.9. The molecule has 0 radical (unpaired) electrons. The SMILES string of the molecule is COc1ccc(Br)c(CN(CC#N)C2CCCC2)c1. The molecular formula is C15H19BrN2O. The summed E-state index contributed by atoms with van der Waals surface area (Å²) in [4.78, 5) is 2.28. The average Bonchev–Trinajstić information content (AvgIpc) is 2.94. The quantitative estimate of drug-likeness (QED) is 0.775. The summed E-state index contributed by atoms with van der Waals surface area (Å²) in [5, 5.41) is 9.02. The molecule has 0 amide bonds. The van der Waals surface area contributed by atoms with Crippen molar-refractivity contribution < 1.29 is 4.74 Å². The van der Waals surface area contributed by atoms with Crippen LogP contribution in [0.1, 0.15) is 31.2 Å². The molecule has 0 N–H and O–H groups in total. The maximum Gasteiger partial charge on any atom is 0.119 e. The molecule has 0 bridgehead atoms. The smallest absolute Gasteiger partial charge is 0.119 e. The lowest BCUT2D eigenvalue weighted by molar-refractivity contribution is 0.213. The molecule has 4 heteroatoms. The molecule has 19 heavy (non-hydrogen) atoms. The predicted molar refractivity (Wildman–Crippen MR) is 79.0 cm³/mol. The van der Waals surface area contributed by atoms with Crippen LogP contribution >= 0.6 is 15.9 Å². The van der Waals surface area contributed by atoms with Crippen molar-refractivity contribution in [1.82, 2.24) is 4.90 Å². The Morgan fingerprint density at radius 2 is 2.16 bits per heavy atom. The van der Waals surface area contributed by atoms with Gasteiger partial charge in [0.2, 0.25) is 0 Å². The summed E-state index contributed by atoms with van der Waals surface area (Å²) in [6.07, 6.45) is 4.99. The summed E-state index contributed by atoms with van der Waals surface area (Å²) >= 11 is 3.58. The summed E-state index contributed by atoms with van der Waals surface area (Å²) in [6.45, 7) is 1.30. The van der Waals surface area contributed by atoms with E-state index < -0.39 is 0 Å². The van der Waals surface area contributed by atoms with E-state index in [4.69, 9.17) is 10.00 Å².